The maximum absolute atomic E-state index is 12.7. The van der Waals surface area contributed by atoms with Crippen molar-refractivity contribution in [3.8, 4) is 0 Å². The average molecular weight is 374 g/mol. The fourth-order valence-electron chi connectivity index (χ4n) is 3.22. The van der Waals surface area contributed by atoms with Crippen molar-refractivity contribution < 1.29 is 42.9 Å². The quantitative estimate of drug-likeness (QED) is 0.414. The van der Waals surface area contributed by atoms with E-state index in [0.29, 0.717) is 0 Å². The number of carbonyl (C=O) groups excluding carboxylic acids is 5. The van der Waals surface area contributed by atoms with Gasteiger partial charge in [-0.2, -0.15) is 0 Å². The molecule has 11 nitrogen and oxygen atoms in total. The van der Waals surface area contributed by atoms with E-state index in [-0.39, 0.29) is 0 Å². The third-order valence-electron chi connectivity index (χ3n) is 4.40. The Labute approximate surface area is 150 Å². The lowest BCUT2D eigenvalue weighted by Gasteiger charge is -2.36. The van der Waals surface area contributed by atoms with Gasteiger partial charge in [-0.25, -0.2) is 14.6 Å². The highest BCUT2D eigenvalue weighted by atomic mass is 16.5. The second-order valence-electron chi connectivity index (χ2n) is 5.52. The van der Waals surface area contributed by atoms with Crippen molar-refractivity contribution in [3.63, 3.8) is 0 Å². The van der Waals surface area contributed by atoms with E-state index < -0.39 is 53.7 Å². The SMILES string of the molecule is COC(=O)C[C@@]1(C(=O)OC)[C@@H](C(=O)OC)[C@H](C(=O)OC)N(C(C)=O)N1C. The number of hydrogen-bond donors (Lipinski definition) is 0. The first-order valence-electron chi connectivity index (χ1n) is 7.48. The second kappa shape index (κ2) is 8.13. The molecule has 0 saturated carbocycles. The average Bonchev–Trinajstić information content (AvgIpc) is 2.89. The molecular weight excluding hydrogens is 352 g/mol. The zero-order valence-corrected chi connectivity index (χ0v) is 15.4. The summed E-state index contributed by atoms with van der Waals surface area (Å²) in [5.74, 6) is -6.07. The molecule has 1 fully saturated rings. The van der Waals surface area contributed by atoms with E-state index in [1.165, 1.54) is 7.05 Å². The number of esters is 4. The fourth-order valence-corrected chi connectivity index (χ4v) is 3.22. The summed E-state index contributed by atoms with van der Waals surface area (Å²) in [6.07, 6.45) is -0.663. The smallest absolute Gasteiger partial charge is 0.331 e. The molecule has 1 aliphatic heterocycles. The molecular formula is C15H22N2O9. The van der Waals surface area contributed by atoms with Crippen LogP contribution in [-0.2, 0) is 42.9 Å². The Hall–Kier alpha value is -2.69. The number of hydrazine groups is 1. The highest BCUT2D eigenvalue weighted by Crippen LogP contribution is 2.43. The molecule has 0 N–H and O–H groups in total. The minimum Gasteiger partial charge on any atom is -0.469 e. The van der Waals surface area contributed by atoms with Crippen LogP contribution in [0, 0.1) is 5.92 Å². The van der Waals surface area contributed by atoms with Gasteiger partial charge in [0.25, 0.3) is 0 Å². The van der Waals surface area contributed by atoms with E-state index >= 15 is 0 Å². The molecule has 0 aromatic carbocycles. The van der Waals surface area contributed by atoms with E-state index in [9.17, 15) is 24.0 Å². The third kappa shape index (κ3) is 3.21. The van der Waals surface area contributed by atoms with Gasteiger partial charge < -0.3 is 18.9 Å². The van der Waals surface area contributed by atoms with Crippen molar-refractivity contribution in [2.24, 2.45) is 5.92 Å². The first kappa shape index (κ1) is 21.4. The molecule has 11 heteroatoms. The lowest BCUT2D eigenvalue weighted by molar-refractivity contribution is -0.176. The van der Waals surface area contributed by atoms with Crippen LogP contribution in [0.25, 0.3) is 0 Å². The maximum atomic E-state index is 12.7. The van der Waals surface area contributed by atoms with Crippen molar-refractivity contribution in [1.82, 2.24) is 10.0 Å². The van der Waals surface area contributed by atoms with Crippen LogP contribution < -0.4 is 0 Å². The summed E-state index contributed by atoms with van der Waals surface area (Å²) in [4.78, 5) is 61.7. The molecule has 0 aliphatic carbocycles. The van der Waals surface area contributed by atoms with Gasteiger partial charge >= 0.3 is 23.9 Å². The number of carbonyl (C=O) groups is 5. The summed E-state index contributed by atoms with van der Waals surface area (Å²) in [5.41, 5.74) is -2.04. The van der Waals surface area contributed by atoms with Crippen LogP contribution in [0.3, 0.4) is 0 Å². The van der Waals surface area contributed by atoms with Gasteiger partial charge in [-0.3, -0.25) is 19.4 Å². The zero-order valence-electron chi connectivity index (χ0n) is 15.4. The molecule has 1 saturated heterocycles. The number of amides is 1. The molecule has 26 heavy (non-hydrogen) atoms. The first-order valence-corrected chi connectivity index (χ1v) is 7.48. The molecule has 0 unspecified atom stereocenters. The summed E-state index contributed by atoms with van der Waals surface area (Å²) in [6, 6.07) is -1.53. The number of likely N-dealkylation sites (N-methyl/N-ethyl adjacent to an activating group) is 1. The lowest BCUT2D eigenvalue weighted by atomic mass is 9.78. The van der Waals surface area contributed by atoms with Gasteiger partial charge in [0, 0.05) is 14.0 Å². The number of nitrogens with zero attached hydrogens (tertiary/aromatic N) is 2. The van der Waals surface area contributed by atoms with Crippen molar-refractivity contribution in [3.05, 3.63) is 0 Å². The Morgan fingerprint density at radius 3 is 1.81 bits per heavy atom. The Morgan fingerprint density at radius 1 is 0.885 bits per heavy atom. The Kier molecular flexibility index (Phi) is 6.67. The zero-order chi connectivity index (χ0) is 20.2. The molecule has 0 bridgehead atoms. The molecule has 146 valence electrons. The number of hydrogen-bond acceptors (Lipinski definition) is 10. The fraction of sp³-hybridized carbons (Fsp3) is 0.667. The van der Waals surface area contributed by atoms with Crippen molar-refractivity contribution in [1.29, 1.82) is 0 Å². The van der Waals surface area contributed by atoms with Crippen LogP contribution in [0.1, 0.15) is 13.3 Å². The molecule has 1 heterocycles. The first-order chi connectivity index (χ1) is 12.1. The lowest BCUT2D eigenvalue weighted by Crippen LogP contribution is -2.59. The van der Waals surface area contributed by atoms with Crippen molar-refractivity contribution in [2.75, 3.05) is 35.5 Å². The van der Waals surface area contributed by atoms with E-state index in [0.717, 1.165) is 45.4 Å². The van der Waals surface area contributed by atoms with Crippen LogP contribution in [-0.4, -0.2) is 86.9 Å². The van der Waals surface area contributed by atoms with E-state index in [4.69, 9.17) is 14.2 Å². The van der Waals surface area contributed by atoms with Crippen LogP contribution >= 0.6 is 0 Å². The third-order valence-corrected chi connectivity index (χ3v) is 4.40. The number of rotatable bonds is 5. The van der Waals surface area contributed by atoms with E-state index in [1.807, 2.05) is 0 Å². The van der Waals surface area contributed by atoms with Crippen LogP contribution in [0.4, 0.5) is 0 Å². The van der Waals surface area contributed by atoms with Gasteiger partial charge in [0.1, 0.15) is 5.92 Å². The summed E-state index contributed by atoms with van der Waals surface area (Å²) < 4.78 is 18.8. The number of ether oxygens (including phenoxy) is 4. The minimum absolute atomic E-state index is 0.660. The Bertz CT molecular complexity index is 620. The predicted octanol–water partition coefficient (Wildman–Crippen LogP) is -1.50. The van der Waals surface area contributed by atoms with Crippen molar-refractivity contribution in [2.45, 2.75) is 24.9 Å². The van der Waals surface area contributed by atoms with Crippen LogP contribution in [0.2, 0.25) is 0 Å². The molecule has 3 atom stereocenters. The summed E-state index contributed by atoms with van der Waals surface area (Å²) in [7, 11) is 5.53. The van der Waals surface area contributed by atoms with Crippen LogP contribution in [0.5, 0.6) is 0 Å². The van der Waals surface area contributed by atoms with E-state index in [2.05, 4.69) is 4.74 Å². The molecule has 0 aromatic heterocycles. The Balaban J connectivity index is 3.77. The van der Waals surface area contributed by atoms with Crippen molar-refractivity contribution >= 4 is 29.8 Å². The molecule has 0 spiro atoms. The highest BCUT2D eigenvalue weighted by molar-refractivity contribution is 5.99. The van der Waals surface area contributed by atoms with Gasteiger partial charge in [0.05, 0.1) is 34.9 Å². The normalized spacial score (nSPS) is 25.4. The van der Waals surface area contributed by atoms with Gasteiger partial charge in [0.15, 0.2) is 11.6 Å². The largest absolute Gasteiger partial charge is 0.469 e. The topological polar surface area (TPSA) is 129 Å². The minimum atomic E-state index is -2.04. The Morgan fingerprint density at radius 2 is 1.42 bits per heavy atom. The molecule has 0 aromatic rings. The summed E-state index contributed by atoms with van der Waals surface area (Å²) in [5, 5.41) is 1.90. The molecule has 1 rings (SSSR count). The standard InChI is InChI=1S/C15H22N2O9/c1-8(18)17-11(13(21)25-5)10(12(20)24-4)15(16(17)2,14(22)26-6)7-9(19)23-3/h10-11H,7H2,1-6H3/t10-,11-,15+/m1/s1. The molecule has 0 radical (unpaired) electrons. The monoisotopic (exact) mass is 374 g/mol. The highest BCUT2D eigenvalue weighted by Gasteiger charge is 2.69. The van der Waals surface area contributed by atoms with E-state index in [1.54, 1.807) is 0 Å². The summed E-state index contributed by atoms with van der Waals surface area (Å²) >= 11 is 0. The maximum Gasteiger partial charge on any atom is 0.331 e. The molecule has 1 amide bonds. The van der Waals surface area contributed by atoms with Gasteiger partial charge in [-0.1, -0.05) is 0 Å². The predicted molar refractivity (Wildman–Crippen MR) is 83.0 cm³/mol. The van der Waals surface area contributed by atoms with Gasteiger partial charge in [-0.05, 0) is 0 Å². The number of methoxy groups -OCH3 is 4. The summed E-state index contributed by atoms with van der Waals surface area (Å²) in [6.45, 7) is 1.13. The van der Waals surface area contributed by atoms with Gasteiger partial charge in [0.2, 0.25) is 5.91 Å². The second-order valence-corrected chi connectivity index (χ2v) is 5.52. The van der Waals surface area contributed by atoms with Crippen LogP contribution in [0.15, 0.2) is 0 Å². The van der Waals surface area contributed by atoms with Gasteiger partial charge in [-0.15, -0.1) is 0 Å². The molecule has 1 aliphatic rings.